The smallest absolute Gasteiger partial charge is 0.160 e. The zero-order valence-corrected chi connectivity index (χ0v) is 11.9. The number of ether oxygens (including phenoxy) is 1. The third kappa shape index (κ3) is 3.41. The van der Waals surface area contributed by atoms with Crippen molar-refractivity contribution < 1.29 is 14.9 Å². The minimum Gasteiger partial charge on any atom is -0.504 e. The van der Waals surface area contributed by atoms with Crippen LogP contribution in [0.5, 0.6) is 11.5 Å². The van der Waals surface area contributed by atoms with Crippen molar-refractivity contribution >= 4 is 0 Å². The van der Waals surface area contributed by atoms with Crippen molar-refractivity contribution in [3.05, 3.63) is 23.3 Å². The molecule has 0 bridgehead atoms. The van der Waals surface area contributed by atoms with Gasteiger partial charge < -0.3 is 14.9 Å². The maximum atomic E-state index is 9.84. The number of rotatable bonds is 5. The Labute approximate surface area is 115 Å². The number of hydrogen-bond acceptors (Lipinski definition) is 3. The molecule has 2 rings (SSSR count). The molecule has 0 saturated carbocycles. The van der Waals surface area contributed by atoms with Gasteiger partial charge in [0, 0.05) is 0 Å². The van der Waals surface area contributed by atoms with E-state index in [2.05, 4.69) is 0 Å². The number of aromatic hydroxyl groups is 1. The third-order valence-corrected chi connectivity index (χ3v) is 4.05. The molecule has 1 aromatic carbocycles. The zero-order chi connectivity index (χ0) is 13.8. The molecule has 0 spiro atoms. The van der Waals surface area contributed by atoms with Crippen LogP contribution in [0.2, 0.25) is 0 Å². The van der Waals surface area contributed by atoms with Gasteiger partial charge in [0.2, 0.25) is 0 Å². The number of aliphatic hydroxyl groups excluding tert-OH is 1. The van der Waals surface area contributed by atoms with Gasteiger partial charge in [-0.05, 0) is 68.2 Å². The zero-order valence-electron chi connectivity index (χ0n) is 11.9. The van der Waals surface area contributed by atoms with Gasteiger partial charge in [0.15, 0.2) is 11.5 Å². The summed E-state index contributed by atoms with van der Waals surface area (Å²) >= 11 is 0. The van der Waals surface area contributed by atoms with Crippen LogP contribution in [0.1, 0.15) is 56.1 Å². The molecule has 1 aromatic rings. The normalized spacial score (nSPS) is 19.8. The van der Waals surface area contributed by atoms with E-state index in [1.165, 1.54) is 24.0 Å². The highest BCUT2D eigenvalue weighted by Gasteiger charge is 2.22. The fourth-order valence-corrected chi connectivity index (χ4v) is 3.04. The van der Waals surface area contributed by atoms with Crippen LogP contribution in [0.15, 0.2) is 12.1 Å². The standard InChI is InChI=1S/C16H24O3/c1-11(17)5-3-6-12-7-4-8-13-9-15(18)16(19-2)10-14(12)13/h9-12,17-18H,3-8H2,1-2H3. The van der Waals surface area contributed by atoms with E-state index >= 15 is 0 Å². The minimum atomic E-state index is -0.211. The highest BCUT2D eigenvalue weighted by molar-refractivity contribution is 5.48. The molecule has 2 atom stereocenters. The lowest BCUT2D eigenvalue weighted by Crippen LogP contribution is -2.11. The summed E-state index contributed by atoms with van der Waals surface area (Å²) in [7, 11) is 1.59. The maximum Gasteiger partial charge on any atom is 0.160 e. The highest BCUT2D eigenvalue weighted by Crippen LogP contribution is 2.40. The van der Waals surface area contributed by atoms with Crippen molar-refractivity contribution in [1.82, 2.24) is 0 Å². The molecule has 106 valence electrons. The van der Waals surface area contributed by atoms with E-state index in [0.717, 1.165) is 25.7 Å². The van der Waals surface area contributed by atoms with E-state index in [0.29, 0.717) is 11.7 Å². The Morgan fingerprint density at radius 2 is 2.21 bits per heavy atom. The number of aliphatic hydroxyl groups is 1. The van der Waals surface area contributed by atoms with Crippen molar-refractivity contribution in [3.8, 4) is 11.5 Å². The van der Waals surface area contributed by atoms with E-state index in [1.807, 2.05) is 19.1 Å². The van der Waals surface area contributed by atoms with Gasteiger partial charge in [-0.1, -0.05) is 6.42 Å². The molecule has 2 unspecified atom stereocenters. The summed E-state index contributed by atoms with van der Waals surface area (Å²) in [6.07, 6.45) is 6.22. The van der Waals surface area contributed by atoms with Crippen LogP contribution < -0.4 is 4.74 Å². The lowest BCUT2D eigenvalue weighted by molar-refractivity contribution is 0.179. The van der Waals surface area contributed by atoms with E-state index < -0.39 is 0 Å². The van der Waals surface area contributed by atoms with Crippen LogP contribution in [0, 0.1) is 0 Å². The molecule has 3 heteroatoms. The molecule has 1 aliphatic rings. The molecular weight excluding hydrogens is 240 g/mol. The summed E-state index contributed by atoms with van der Waals surface area (Å²) in [6, 6.07) is 3.85. The number of fused-ring (bicyclic) bond motifs is 1. The number of benzene rings is 1. The Bertz CT molecular complexity index is 426. The van der Waals surface area contributed by atoms with Crippen LogP contribution in [0.4, 0.5) is 0 Å². The first-order valence-corrected chi connectivity index (χ1v) is 7.19. The quantitative estimate of drug-likeness (QED) is 0.857. The SMILES string of the molecule is COc1cc2c(cc1O)CCCC2CCCC(C)O. The Balaban J connectivity index is 2.13. The first-order chi connectivity index (χ1) is 9.11. The van der Waals surface area contributed by atoms with E-state index in [-0.39, 0.29) is 11.9 Å². The summed E-state index contributed by atoms with van der Waals surface area (Å²) < 4.78 is 5.21. The lowest BCUT2D eigenvalue weighted by atomic mass is 9.80. The van der Waals surface area contributed by atoms with Crippen molar-refractivity contribution in [1.29, 1.82) is 0 Å². The summed E-state index contributed by atoms with van der Waals surface area (Å²) in [5, 5.41) is 19.2. The highest BCUT2D eigenvalue weighted by atomic mass is 16.5. The predicted octanol–water partition coefficient (Wildman–Crippen LogP) is 3.37. The van der Waals surface area contributed by atoms with E-state index in [4.69, 9.17) is 4.74 Å². The first kappa shape index (κ1) is 14.2. The average Bonchev–Trinajstić information content (AvgIpc) is 2.37. The Kier molecular flexibility index (Phi) is 4.70. The molecule has 0 saturated heterocycles. The van der Waals surface area contributed by atoms with E-state index in [1.54, 1.807) is 7.11 Å². The van der Waals surface area contributed by atoms with Crippen molar-refractivity contribution in [2.45, 2.75) is 57.5 Å². The fraction of sp³-hybridized carbons (Fsp3) is 0.625. The molecule has 0 aromatic heterocycles. The van der Waals surface area contributed by atoms with Crippen molar-refractivity contribution in [3.63, 3.8) is 0 Å². The monoisotopic (exact) mass is 264 g/mol. The minimum absolute atomic E-state index is 0.211. The second-order valence-corrected chi connectivity index (χ2v) is 5.59. The van der Waals surface area contributed by atoms with Gasteiger partial charge in [0.05, 0.1) is 13.2 Å². The number of hydrogen-bond donors (Lipinski definition) is 2. The van der Waals surface area contributed by atoms with Crippen LogP contribution in [-0.4, -0.2) is 23.4 Å². The summed E-state index contributed by atoms with van der Waals surface area (Å²) in [5.74, 6) is 1.35. The topological polar surface area (TPSA) is 49.7 Å². The number of methoxy groups -OCH3 is 1. The molecular formula is C16H24O3. The molecule has 19 heavy (non-hydrogen) atoms. The van der Waals surface area contributed by atoms with E-state index in [9.17, 15) is 10.2 Å². The van der Waals surface area contributed by atoms with Gasteiger partial charge in [0.25, 0.3) is 0 Å². The number of phenols is 1. The van der Waals surface area contributed by atoms with Crippen LogP contribution in [0.3, 0.4) is 0 Å². The summed E-state index contributed by atoms with van der Waals surface area (Å²) in [4.78, 5) is 0. The predicted molar refractivity (Wildman–Crippen MR) is 75.9 cm³/mol. The molecule has 3 nitrogen and oxygen atoms in total. The van der Waals surface area contributed by atoms with Crippen LogP contribution in [0.25, 0.3) is 0 Å². The Morgan fingerprint density at radius 1 is 1.42 bits per heavy atom. The largest absolute Gasteiger partial charge is 0.504 e. The first-order valence-electron chi connectivity index (χ1n) is 7.19. The second-order valence-electron chi connectivity index (χ2n) is 5.59. The van der Waals surface area contributed by atoms with Gasteiger partial charge in [0.1, 0.15) is 0 Å². The average molecular weight is 264 g/mol. The van der Waals surface area contributed by atoms with Gasteiger partial charge in [-0.3, -0.25) is 0 Å². The van der Waals surface area contributed by atoms with Gasteiger partial charge in [-0.2, -0.15) is 0 Å². The fourth-order valence-electron chi connectivity index (χ4n) is 3.04. The maximum absolute atomic E-state index is 9.84. The molecule has 0 aliphatic heterocycles. The number of phenolic OH excluding ortho intramolecular Hbond substituents is 1. The lowest BCUT2D eigenvalue weighted by Gasteiger charge is -2.26. The molecule has 1 aliphatic carbocycles. The molecule has 2 N–H and O–H groups in total. The van der Waals surface area contributed by atoms with Crippen LogP contribution in [-0.2, 0) is 6.42 Å². The molecule has 0 amide bonds. The Morgan fingerprint density at radius 3 is 2.89 bits per heavy atom. The molecule has 0 radical (unpaired) electrons. The van der Waals surface area contributed by atoms with Crippen LogP contribution >= 0.6 is 0 Å². The summed E-state index contributed by atoms with van der Waals surface area (Å²) in [6.45, 7) is 1.84. The molecule has 0 heterocycles. The number of aryl methyl sites for hydroxylation is 1. The Hall–Kier alpha value is -1.22. The van der Waals surface area contributed by atoms with Gasteiger partial charge >= 0.3 is 0 Å². The van der Waals surface area contributed by atoms with Gasteiger partial charge in [-0.25, -0.2) is 0 Å². The molecule has 0 fully saturated rings. The van der Waals surface area contributed by atoms with Gasteiger partial charge in [-0.15, -0.1) is 0 Å². The third-order valence-electron chi connectivity index (χ3n) is 4.05. The summed E-state index contributed by atoms with van der Waals surface area (Å²) in [5.41, 5.74) is 2.58. The van der Waals surface area contributed by atoms with Crippen molar-refractivity contribution in [2.75, 3.05) is 7.11 Å². The second kappa shape index (κ2) is 6.29. The van der Waals surface area contributed by atoms with Crippen molar-refractivity contribution in [2.24, 2.45) is 0 Å².